The van der Waals surface area contributed by atoms with E-state index in [1.165, 1.54) is 0 Å². The van der Waals surface area contributed by atoms with E-state index in [0.717, 1.165) is 0 Å². The van der Waals surface area contributed by atoms with Gasteiger partial charge < -0.3 is 10.6 Å². The van der Waals surface area contributed by atoms with Gasteiger partial charge in [-0.05, 0) is 24.6 Å². The molecule has 0 radical (unpaired) electrons. The Morgan fingerprint density at radius 3 is 2.50 bits per heavy atom. The maximum Gasteiger partial charge on any atom is 0.416 e. The molecule has 0 aliphatic carbocycles. The molecule has 1 saturated heterocycles. The summed E-state index contributed by atoms with van der Waals surface area (Å²) in [4.78, 5) is 11.6. The Balaban J connectivity index is 2.05. The van der Waals surface area contributed by atoms with Crippen LogP contribution in [0, 0.1) is 5.82 Å². The largest absolute Gasteiger partial charge is 0.416 e. The van der Waals surface area contributed by atoms with E-state index in [-0.39, 0.29) is 17.9 Å². The molecule has 22 heavy (non-hydrogen) atoms. The van der Waals surface area contributed by atoms with Gasteiger partial charge in [0.15, 0.2) is 9.84 Å². The second kappa shape index (κ2) is 5.75. The maximum absolute atomic E-state index is 13.4. The lowest BCUT2D eigenvalue weighted by Gasteiger charge is -2.14. The maximum atomic E-state index is 13.4. The second-order valence-corrected chi connectivity index (χ2v) is 7.12. The van der Waals surface area contributed by atoms with Crippen molar-refractivity contribution in [2.24, 2.45) is 0 Å². The fourth-order valence-corrected chi connectivity index (χ4v) is 3.72. The summed E-state index contributed by atoms with van der Waals surface area (Å²) in [5, 5.41) is 4.25. The molecular weight excluding hydrogens is 328 g/mol. The summed E-state index contributed by atoms with van der Waals surface area (Å²) in [6.45, 7) is 0. The second-order valence-electron chi connectivity index (χ2n) is 4.89. The van der Waals surface area contributed by atoms with Crippen LogP contribution in [-0.4, -0.2) is 32.0 Å². The third kappa shape index (κ3) is 4.09. The SMILES string of the molecule is O=C(Nc1cc(C(F)(F)F)ccc1F)N[C@@H]1CCS(=O)(=O)C1. The number of rotatable bonds is 2. The molecule has 0 bridgehead atoms. The van der Waals surface area contributed by atoms with Gasteiger partial charge in [-0.3, -0.25) is 0 Å². The Morgan fingerprint density at radius 1 is 1.27 bits per heavy atom. The lowest BCUT2D eigenvalue weighted by Crippen LogP contribution is -2.38. The van der Waals surface area contributed by atoms with Crippen LogP contribution < -0.4 is 10.6 Å². The highest BCUT2D eigenvalue weighted by Gasteiger charge is 2.32. The number of amides is 2. The van der Waals surface area contributed by atoms with E-state index < -0.39 is 45.2 Å². The average molecular weight is 340 g/mol. The van der Waals surface area contributed by atoms with Gasteiger partial charge in [-0.1, -0.05) is 0 Å². The van der Waals surface area contributed by atoms with Crippen molar-refractivity contribution in [2.45, 2.75) is 18.6 Å². The predicted octanol–water partition coefficient (Wildman–Crippen LogP) is 2.15. The zero-order valence-corrected chi connectivity index (χ0v) is 11.9. The van der Waals surface area contributed by atoms with Crippen LogP contribution in [0.2, 0.25) is 0 Å². The number of alkyl halides is 3. The highest BCUT2D eigenvalue weighted by molar-refractivity contribution is 7.91. The molecule has 2 rings (SSSR count). The van der Waals surface area contributed by atoms with Crippen LogP contribution in [-0.2, 0) is 16.0 Å². The monoisotopic (exact) mass is 340 g/mol. The molecule has 122 valence electrons. The van der Waals surface area contributed by atoms with Crippen LogP contribution >= 0.6 is 0 Å². The highest BCUT2D eigenvalue weighted by Crippen LogP contribution is 2.31. The van der Waals surface area contributed by atoms with Gasteiger partial charge >= 0.3 is 12.2 Å². The fraction of sp³-hybridized carbons (Fsp3) is 0.417. The van der Waals surface area contributed by atoms with E-state index in [4.69, 9.17) is 0 Å². The highest BCUT2D eigenvalue weighted by atomic mass is 32.2. The first kappa shape index (κ1) is 16.5. The van der Waals surface area contributed by atoms with Crippen LogP contribution in [0.5, 0.6) is 0 Å². The van der Waals surface area contributed by atoms with Gasteiger partial charge in [0.25, 0.3) is 0 Å². The summed E-state index contributed by atoms with van der Waals surface area (Å²) < 4.78 is 73.5. The number of hydrogen-bond donors (Lipinski definition) is 2. The zero-order chi connectivity index (χ0) is 16.5. The van der Waals surface area contributed by atoms with Gasteiger partial charge in [-0.2, -0.15) is 13.2 Å². The number of sulfone groups is 1. The van der Waals surface area contributed by atoms with Crippen molar-refractivity contribution in [1.29, 1.82) is 0 Å². The predicted molar refractivity (Wildman–Crippen MR) is 70.6 cm³/mol. The van der Waals surface area contributed by atoms with Crippen molar-refractivity contribution in [3.05, 3.63) is 29.6 Å². The van der Waals surface area contributed by atoms with E-state index >= 15 is 0 Å². The number of carbonyl (C=O) groups is 1. The molecule has 1 aromatic carbocycles. The minimum Gasteiger partial charge on any atom is -0.334 e. The summed E-state index contributed by atoms with van der Waals surface area (Å²) in [6, 6.07) is 0.0277. The summed E-state index contributed by atoms with van der Waals surface area (Å²) in [6.07, 6.45) is -4.46. The van der Waals surface area contributed by atoms with Crippen LogP contribution in [0.1, 0.15) is 12.0 Å². The molecule has 1 aromatic rings. The molecule has 1 fully saturated rings. The molecule has 1 atom stereocenters. The number of halogens is 4. The third-order valence-corrected chi connectivity index (χ3v) is 4.88. The molecule has 10 heteroatoms. The van der Waals surface area contributed by atoms with Crippen molar-refractivity contribution in [2.75, 3.05) is 16.8 Å². The van der Waals surface area contributed by atoms with Crippen LogP contribution in [0.3, 0.4) is 0 Å². The van der Waals surface area contributed by atoms with E-state index in [1.54, 1.807) is 0 Å². The molecule has 0 unspecified atom stereocenters. The Labute approximate surface area is 123 Å². The summed E-state index contributed by atoms with van der Waals surface area (Å²) >= 11 is 0. The number of hydrogen-bond acceptors (Lipinski definition) is 3. The zero-order valence-electron chi connectivity index (χ0n) is 11.1. The first-order chi connectivity index (χ1) is 10.1. The van der Waals surface area contributed by atoms with Crippen molar-refractivity contribution in [3.8, 4) is 0 Å². The molecule has 0 spiro atoms. The molecule has 2 amide bonds. The van der Waals surface area contributed by atoms with Gasteiger partial charge in [0.05, 0.1) is 22.8 Å². The van der Waals surface area contributed by atoms with Crippen molar-refractivity contribution in [1.82, 2.24) is 5.32 Å². The number of carbonyl (C=O) groups excluding carboxylic acids is 1. The first-order valence-corrected chi connectivity index (χ1v) is 8.04. The third-order valence-electron chi connectivity index (χ3n) is 3.11. The van der Waals surface area contributed by atoms with Gasteiger partial charge in [0.1, 0.15) is 5.82 Å². The Kier molecular flexibility index (Phi) is 4.32. The van der Waals surface area contributed by atoms with Crippen LogP contribution in [0.25, 0.3) is 0 Å². The van der Waals surface area contributed by atoms with E-state index in [1.807, 2.05) is 5.32 Å². The fourth-order valence-electron chi connectivity index (χ4n) is 2.05. The molecule has 2 N–H and O–H groups in total. The van der Waals surface area contributed by atoms with E-state index in [9.17, 15) is 30.8 Å². The van der Waals surface area contributed by atoms with Gasteiger partial charge in [-0.25, -0.2) is 17.6 Å². The molecule has 5 nitrogen and oxygen atoms in total. The molecule has 1 aliphatic rings. The van der Waals surface area contributed by atoms with Gasteiger partial charge in [-0.15, -0.1) is 0 Å². The van der Waals surface area contributed by atoms with Gasteiger partial charge in [0.2, 0.25) is 0 Å². The lowest BCUT2D eigenvalue weighted by molar-refractivity contribution is -0.137. The number of benzene rings is 1. The number of anilines is 1. The first-order valence-electron chi connectivity index (χ1n) is 6.21. The topological polar surface area (TPSA) is 75.3 Å². The van der Waals surface area contributed by atoms with Crippen molar-refractivity contribution < 1.29 is 30.8 Å². The lowest BCUT2D eigenvalue weighted by atomic mass is 10.2. The van der Waals surface area contributed by atoms with Crippen LogP contribution in [0.15, 0.2) is 18.2 Å². The van der Waals surface area contributed by atoms with E-state index in [0.29, 0.717) is 18.2 Å². The van der Waals surface area contributed by atoms with Crippen molar-refractivity contribution in [3.63, 3.8) is 0 Å². The standard InChI is InChI=1S/C12H12F4N2O3S/c13-9-2-1-7(12(14,15)16)5-10(9)18-11(19)17-8-3-4-22(20,21)6-8/h1-2,5,8H,3-4,6H2,(H2,17,18,19)/t8-/m1/s1. The minimum absolute atomic E-state index is 0.0735. The molecule has 1 heterocycles. The normalized spacial score (nSPS) is 20.6. The quantitative estimate of drug-likeness (QED) is 0.810. The van der Waals surface area contributed by atoms with Crippen LogP contribution in [0.4, 0.5) is 28.0 Å². The number of nitrogens with one attached hydrogen (secondary N) is 2. The Morgan fingerprint density at radius 2 is 1.95 bits per heavy atom. The Bertz CT molecular complexity index is 688. The number of urea groups is 1. The summed E-state index contributed by atoms with van der Waals surface area (Å²) in [7, 11) is -3.21. The molecular formula is C12H12F4N2O3S. The summed E-state index contributed by atoms with van der Waals surface area (Å²) in [5.74, 6) is -1.34. The van der Waals surface area contributed by atoms with Crippen molar-refractivity contribution >= 4 is 21.6 Å². The summed E-state index contributed by atoms with van der Waals surface area (Å²) in [5.41, 5.74) is -1.74. The van der Waals surface area contributed by atoms with Gasteiger partial charge in [0, 0.05) is 6.04 Å². The Hall–Kier alpha value is -1.84. The molecule has 1 aliphatic heterocycles. The molecule has 0 saturated carbocycles. The smallest absolute Gasteiger partial charge is 0.334 e. The average Bonchev–Trinajstić information content (AvgIpc) is 2.70. The van der Waals surface area contributed by atoms with E-state index in [2.05, 4.69) is 5.32 Å². The minimum atomic E-state index is -4.67. The molecule has 0 aromatic heterocycles.